The molecule has 8 nitrogen and oxygen atoms in total. The monoisotopic (exact) mass is 529 g/mol. The largest absolute Gasteiger partial charge is 0.453 e. The summed E-state index contributed by atoms with van der Waals surface area (Å²) in [6, 6.07) is 10.5. The van der Waals surface area contributed by atoms with Crippen LogP contribution < -0.4 is 11.1 Å². The lowest BCUT2D eigenvalue weighted by Gasteiger charge is -2.23. The Kier molecular flexibility index (Phi) is 5.69. The van der Waals surface area contributed by atoms with Crippen molar-refractivity contribution in [1.29, 1.82) is 0 Å². The van der Waals surface area contributed by atoms with Gasteiger partial charge in [0.2, 0.25) is 5.91 Å². The van der Waals surface area contributed by atoms with Crippen molar-refractivity contribution in [2.75, 3.05) is 11.1 Å². The van der Waals surface area contributed by atoms with Crippen molar-refractivity contribution in [3.8, 4) is 11.5 Å². The number of nitrogens with two attached hydrogens (primary N) is 1. The van der Waals surface area contributed by atoms with E-state index in [9.17, 15) is 26.7 Å². The molecular weight excluding hydrogens is 509 g/mol. The van der Waals surface area contributed by atoms with Crippen molar-refractivity contribution in [3.63, 3.8) is 0 Å². The maximum atomic E-state index is 13.6. The number of nitrogens with one attached hydrogen (secondary N) is 1. The van der Waals surface area contributed by atoms with Crippen LogP contribution in [0.5, 0.6) is 0 Å². The molecule has 3 N–H and O–H groups in total. The van der Waals surface area contributed by atoms with Crippen LogP contribution in [0.1, 0.15) is 30.3 Å². The third-order valence-electron chi connectivity index (χ3n) is 6.58. The third-order valence-corrected chi connectivity index (χ3v) is 6.58. The zero-order chi connectivity index (χ0) is 27.5. The highest BCUT2D eigenvalue weighted by molar-refractivity contribution is 6.09. The minimum Gasteiger partial charge on any atom is -0.383 e. The molecule has 1 aliphatic rings. The van der Waals surface area contributed by atoms with Crippen molar-refractivity contribution in [3.05, 3.63) is 66.1 Å². The number of amides is 1. The van der Waals surface area contributed by atoms with Crippen molar-refractivity contribution in [2.45, 2.75) is 37.3 Å². The minimum atomic E-state index is -5.71. The summed E-state index contributed by atoms with van der Waals surface area (Å²) in [5, 5.41) is 3.10. The predicted octanol–water partition coefficient (Wildman–Crippen LogP) is 4.96. The molecule has 1 unspecified atom stereocenters. The van der Waals surface area contributed by atoms with Gasteiger partial charge in [0.15, 0.2) is 5.82 Å². The van der Waals surface area contributed by atoms with E-state index >= 15 is 0 Å². The fourth-order valence-electron chi connectivity index (χ4n) is 4.48. The Hall–Kier alpha value is -4.42. The summed E-state index contributed by atoms with van der Waals surface area (Å²) in [6.45, 7) is 5.34. The number of carbonyl (C=O) groups excluding carboxylic acids is 1. The quantitative estimate of drug-likeness (QED) is 0.342. The maximum Gasteiger partial charge on any atom is 0.453 e. The van der Waals surface area contributed by atoms with Crippen LogP contribution in [0.15, 0.2) is 49.2 Å². The van der Waals surface area contributed by atoms with E-state index in [1.54, 1.807) is 43.5 Å². The summed E-state index contributed by atoms with van der Waals surface area (Å²) >= 11 is 0. The van der Waals surface area contributed by atoms with Crippen LogP contribution in [0.4, 0.5) is 33.6 Å². The lowest BCUT2D eigenvalue weighted by Crippen LogP contribution is -2.36. The number of hydrogen-bond donors (Lipinski definition) is 2. The molecule has 4 heterocycles. The van der Waals surface area contributed by atoms with Gasteiger partial charge in [0.1, 0.15) is 34.2 Å². The summed E-state index contributed by atoms with van der Waals surface area (Å²) in [5.41, 5.74) is 6.43. The molecule has 4 aromatic rings. The highest BCUT2D eigenvalue weighted by atomic mass is 19.4. The predicted molar refractivity (Wildman–Crippen MR) is 130 cm³/mol. The minimum absolute atomic E-state index is 0.0187. The molecule has 0 aliphatic carbocycles. The van der Waals surface area contributed by atoms with Gasteiger partial charge >= 0.3 is 12.1 Å². The molecule has 13 heteroatoms. The highest BCUT2D eigenvalue weighted by Crippen LogP contribution is 2.45. The molecule has 1 aliphatic heterocycles. The van der Waals surface area contributed by atoms with Gasteiger partial charge in [-0.05, 0) is 18.6 Å². The second kappa shape index (κ2) is 8.57. The number of halogens is 5. The maximum absolute atomic E-state index is 13.6. The Labute approximate surface area is 212 Å². The second-order valence-electron chi connectivity index (χ2n) is 8.93. The van der Waals surface area contributed by atoms with Gasteiger partial charge < -0.3 is 15.6 Å². The zero-order valence-corrected chi connectivity index (χ0v) is 19.9. The molecule has 1 atom stereocenters. The van der Waals surface area contributed by atoms with Crippen LogP contribution >= 0.6 is 0 Å². The molecule has 0 bridgehead atoms. The number of hydrogen-bond acceptors (Lipinski definition) is 6. The Morgan fingerprint density at radius 1 is 1.08 bits per heavy atom. The first-order chi connectivity index (χ1) is 17.9. The number of fused-ring (bicyclic) bond motifs is 2. The van der Waals surface area contributed by atoms with E-state index in [1.165, 1.54) is 10.8 Å². The normalized spacial score (nSPS) is 17.5. The Morgan fingerprint density at radius 2 is 1.79 bits per heavy atom. The Balaban J connectivity index is 1.63. The smallest absolute Gasteiger partial charge is 0.383 e. The highest BCUT2D eigenvalue weighted by Gasteiger charge is 2.56. The molecule has 3 aromatic heterocycles. The number of rotatable bonds is 6. The first-order valence-corrected chi connectivity index (χ1v) is 11.4. The first kappa shape index (κ1) is 25.2. The Morgan fingerprint density at radius 3 is 2.45 bits per heavy atom. The number of alkyl halides is 5. The molecule has 0 saturated heterocycles. The van der Waals surface area contributed by atoms with Crippen molar-refractivity contribution in [1.82, 2.24) is 24.5 Å². The van der Waals surface area contributed by atoms with Gasteiger partial charge in [0, 0.05) is 30.6 Å². The molecule has 1 amide bonds. The second-order valence-corrected chi connectivity index (χ2v) is 8.93. The van der Waals surface area contributed by atoms with Crippen molar-refractivity contribution in [2.24, 2.45) is 0 Å². The molecule has 5 rings (SSSR count). The van der Waals surface area contributed by atoms with E-state index in [0.29, 0.717) is 16.5 Å². The third kappa shape index (κ3) is 3.85. The van der Waals surface area contributed by atoms with Crippen molar-refractivity contribution >= 4 is 34.8 Å². The molecule has 0 radical (unpaired) electrons. The molecule has 0 spiro atoms. The van der Waals surface area contributed by atoms with Crippen LogP contribution in [0, 0.1) is 0 Å². The average Bonchev–Trinajstić information content (AvgIpc) is 3.40. The van der Waals surface area contributed by atoms with E-state index in [0.717, 1.165) is 0 Å². The van der Waals surface area contributed by atoms with Crippen LogP contribution in [-0.2, 0) is 16.6 Å². The van der Waals surface area contributed by atoms with E-state index in [4.69, 9.17) is 5.73 Å². The van der Waals surface area contributed by atoms with E-state index in [-0.39, 0.29) is 40.5 Å². The molecular formula is C25H20F5N7O. The standard InChI is InChI=1S/C25H20F5N7O/c1-3-37-12-10-14-17(32-15(33-21(14)37)9-11-24(26,27)25(28,29)30)20-34-18(31)16-19(35-20)36-22(38)23(16,2)13-7-5-4-6-8-13/h3-8,10,12H,1,9,11H2,2H3,(H3,31,34,35,36,38). The van der Waals surface area contributed by atoms with E-state index in [1.807, 2.05) is 6.07 Å². The SMILES string of the molecule is C=Cn1ccc2c(-c3nc(N)c4c(n3)NC(=O)C4(C)c3ccccc3)nc(CCC(F)(F)C(F)(F)F)nc21. The topological polar surface area (TPSA) is 112 Å². The number of aromatic nitrogens is 5. The Bertz CT molecular complexity index is 1580. The van der Waals surface area contributed by atoms with Gasteiger partial charge in [-0.25, -0.2) is 19.9 Å². The number of nitrogen functional groups attached to an aromatic ring is 1. The summed E-state index contributed by atoms with van der Waals surface area (Å²) in [6.07, 6.45) is -5.08. The van der Waals surface area contributed by atoms with E-state index < -0.39 is 30.4 Å². The average molecular weight is 529 g/mol. The summed E-state index contributed by atoms with van der Waals surface area (Å²) in [5.74, 6) is -5.51. The zero-order valence-electron chi connectivity index (χ0n) is 19.9. The molecule has 38 heavy (non-hydrogen) atoms. The summed E-state index contributed by atoms with van der Waals surface area (Å²) in [4.78, 5) is 30.3. The van der Waals surface area contributed by atoms with Gasteiger partial charge in [-0.15, -0.1) is 0 Å². The van der Waals surface area contributed by atoms with Gasteiger partial charge in [-0.3, -0.25) is 4.79 Å². The first-order valence-electron chi connectivity index (χ1n) is 11.4. The fraction of sp³-hybridized carbons (Fsp3) is 0.240. The summed E-state index contributed by atoms with van der Waals surface area (Å²) < 4.78 is 66.8. The molecule has 196 valence electrons. The molecule has 0 fully saturated rings. The van der Waals surface area contributed by atoms with Gasteiger partial charge in [-0.2, -0.15) is 22.0 Å². The van der Waals surface area contributed by atoms with Crippen molar-refractivity contribution < 1.29 is 26.7 Å². The van der Waals surface area contributed by atoms with Gasteiger partial charge in [-0.1, -0.05) is 36.9 Å². The van der Waals surface area contributed by atoms with Crippen LogP contribution in [0.3, 0.4) is 0 Å². The molecule has 1 aromatic carbocycles. The van der Waals surface area contributed by atoms with Crippen LogP contribution in [-0.4, -0.2) is 42.5 Å². The molecule has 0 saturated carbocycles. The number of nitrogens with zero attached hydrogens (tertiary/aromatic N) is 5. The summed E-state index contributed by atoms with van der Waals surface area (Å²) in [7, 11) is 0. The number of benzene rings is 1. The number of carbonyl (C=O) groups is 1. The lowest BCUT2D eigenvalue weighted by atomic mass is 9.78. The van der Waals surface area contributed by atoms with E-state index in [2.05, 4.69) is 31.8 Å². The van der Waals surface area contributed by atoms with Gasteiger partial charge in [0.25, 0.3) is 0 Å². The number of aryl methyl sites for hydroxylation is 1. The van der Waals surface area contributed by atoms with Crippen LogP contribution in [0.2, 0.25) is 0 Å². The number of anilines is 2. The van der Waals surface area contributed by atoms with Crippen LogP contribution in [0.25, 0.3) is 28.8 Å². The fourth-order valence-corrected chi connectivity index (χ4v) is 4.48. The van der Waals surface area contributed by atoms with Gasteiger partial charge in [0.05, 0.1) is 5.56 Å². The lowest BCUT2D eigenvalue weighted by molar-refractivity contribution is -0.284.